The smallest absolute Gasteiger partial charge is 0.0564 e. The molecule has 0 aromatic rings. The molecule has 0 bridgehead atoms. The Morgan fingerprint density at radius 3 is 2.75 bits per heavy atom. The summed E-state index contributed by atoms with van der Waals surface area (Å²) in [6, 6.07) is 0. The third-order valence-electron chi connectivity index (χ3n) is 3.07. The Labute approximate surface area is 78.7 Å². The van der Waals surface area contributed by atoms with Crippen molar-refractivity contribution in [2.24, 2.45) is 0 Å². The molecule has 0 spiro atoms. The van der Waals surface area contributed by atoms with Gasteiger partial charge in [0.15, 0.2) is 0 Å². The Morgan fingerprint density at radius 1 is 1.42 bits per heavy atom. The SMILES string of the molecule is CCCCC1([SiH2]C)CCCCO1. The standard InChI is InChI=1S/C10H22OSi/c1-3-4-7-10(12-2)8-5-6-9-11-10/h3-9,12H2,1-2H3. The minimum atomic E-state index is 0.0188. The Balaban J connectivity index is 2.37. The number of unbranched alkanes of at least 4 members (excludes halogenated alkanes) is 1. The minimum absolute atomic E-state index is 0.0188. The maximum absolute atomic E-state index is 5.98. The fraction of sp³-hybridized carbons (Fsp3) is 1.00. The van der Waals surface area contributed by atoms with E-state index in [1.54, 1.807) is 0 Å². The Bertz CT molecular complexity index is 119. The quantitative estimate of drug-likeness (QED) is 0.612. The van der Waals surface area contributed by atoms with E-state index in [1.165, 1.54) is 38.5 Å². The molecule has 1 rings (SSSR count). The van der Waals surface area contributed by atoms with Crippen molar-refractivity contribution in [2.75, 3.05) is 6.61 Å². The van der Waals surface area contributed by atoms with Crippen molar-refractivity contribution in [3.63, 3.8) is 0 Å². The van der Waals surface area contributed by atoms with Crippen molar-refractivity contribution in [2.45, 2.75) is 57.2 Å². The van der Waals surface area contributed by atoms with Crippen LogP contribution in [0, 0.1) is 0 Å². The molecule has 0 radical (unpaired) electrons. The van der Waals surface area contributed by atoms with Crippen LogP contribution in [0.4, 0.5) is 0 Å². The van der Waals surface area contributed by atoms with Crippen LogP contribution < -0.4 is 0 Å². The highest BCUT2D eigenvalue weighted by Gasteiger charge is 2.30. The van der Waals surface area contributed by atoms with Crippen LogP contribution in [-0.4, -0.2) is 21.4 Å². The van der Waals surface area contributed by atoms with Gasteiger partial charge in [-0.05, 0) is 25.7 Å². The van der Waals surface area contributed by atoms with E-state index in [9.17, 15) is 0 Å². The zero-order chi connectivity index (χ0) is 8.86. The third-order valence-corrected chi connectivity index (χ3v) is 5.27. The fourth-order valence-electron chi connectivity index (χ4n) is 2.06. The molecule has 1 nitrogen and oxygen atoms in total. The first-order valence-corrected chi connectivity index (χ1v) is 7.59. The predicted molar refractivity (Wildman–Crippen MR) is 56.5 cm³/mol. The number of hydrogen-bond donors (Lipinski definition) is 0. The van der Waals surface area contributed by atoms with E-state index in [1.807, 2.05) is 0 Å². The molecule has 0 N–H and O–H groups in total. The molecule has 1 saturated heterocycles. The molecule has 0 saturated carbocycles. The molecule has 2 heteroatoms. The summed E-state index contributed by atoms with van der Waals surface area (Å²) >= 11 is 0. The summed E-state index contributed by atoms with van der Waals surface area (Å²) in [6.07, 6.45) is 8.08. The largest absolute Gasteiger partial charge is 0.379 e. The van der Waals surface area contributed by atoms with Gasteiger partial charge in [-0.15, -0.1) is 0 Å². The monoisotopic (exact) mass is 186 g/mol. The number of hydrogen-bond acceptors (Lipinski definition) is 1. The summed E-state index contributed by atoms with van der Waals surface area (Å²) in [5.41, 5.74) is 0. The van der Waals surface area contributed by atoms with Crippen molar-refractivity contribution in [3.05, 3.63) is 0 Å². The van der Waals surface area contributed by atoms with Gasteiger partial charge in [0.1, 0.15) is 0 Å². The van der Waals surface area contributed by atoms with Gasteiger partial charge >= 0.3 is 0 Å². The second-order valence-electron chi connectivity index (χ2n) is 3.95. The predicted octanol–water partition coefficient (Wildman–Crippen LogP) is 2.29. The van der Waals surface area contributed by atoms with Gasteiger partial charge in [0.2, 0.25) is 0 Å². The molecule has 0 aromatic heterocycles. The van der Waals surface area contributed by atoms with Crippen LogP contribution in [0.25, 0.3) is 0 Å². The lowest BCUT2D eigenvalue weighted by Gasteiger charge is -2.36. The summed E-state index contributed by atoms with van der Waals surface area (Å²) in [5, 5.41) is 0.411. The maximum atomic E-state index is 5.98. The average Bonchev–Trinajstić information content (AvgIpc) is 2.16. The molecular weight excluding hydrogens is 164 g/mol. The maximum Gasteiger partial charge on any atom is 0.0564 e. The van der Waals surface area contributed by atoms with Crippen molar-refractivity contribution in [1.29, 1.82) is 0 Å². The number of ether oxygens (including phenoxy) is 1. The highest BCUT2D eigenvalue weighted by Crippen LogP contribution is 2.28. The second kappa shape index (κ2) is 5.03. The normalized spacial score (nSPS) is 31.5. The highest BCUT2D eigenvalue weighted by atomic mass is 28.2. The first kappa shape index (κ1) is 10.3. The van der Waals surface area contributed by atoms with E-state index in [0.717, 1.165) is 6.61 Å². The van der Waals surface area contributed by atoms with Gasteiger partial charge in [-0.25, -0.2) is 0 Å². The van der Waals surface area contributed by atoms with Crippen LogP contribution in [0.2, 0.25) is 6.55 Å². The molecule has 1 aliphatic rings. The lowest BCUT2D eigenvalue weighted by atomic mass is 10.0. The second-order valence-corrected chi connectivity index (χ2v) is 5.94. The summed E-state index contributed by atoms with van der Waals surface area (Å²) in [5.74, 6) is 0. The van der Waals surface area contributed by atoms with E-state index in [-0.39, 0.29) is 9.52 Å². The Kier molecular flexibility index (Phi) is 4.30. The molecule has 1 heterocycles. The van der Waals surface area contributed by atoms with Crippen LogP contribution in [0.3, 0.4) is 0 Å². The van der Waals surface area contributed by atoms with E-state index < -0.39 is 0 Å². The lowest BCUT2D eigenvalue weighted by molar-refractivity contribution is -0.0261. The van der Waals surface area contributed by atoms with Crippen molar-refractivity contribution in [1.82, 2.24) is 0 Å². The van der Waals surface area contributed by atoms with E-state index in [0.29, 0.717) is 5.22 Å². The summed E-state index contributed by atoms with van der Waals surface area (Å²) in [6.45, 7) is 5.71. The molecule has 12 heavy (non-hydrogen) atoms. The summed E-state index contributed by atoms with van der Waals surface area (Å²) < 4.78 is 5.98. The van der Waals surface area contributed by atoms with E-state index in [2.05, 4.69) is 13.5 Å². The molecule has 1 fully saturated rings. The minimum Gasteiger partial charge on any atom is -0.379 e. The molecule has 72 valence electrons. The van der Waals surface area contributed by atoms with Gasteiger partial charge in [0.05, 0.1) is 14.7 Å². The van der Waals surface area contributed by atoms with Crippen LogP contribution in [-0.2, 0) is 4.74 Å². The van der Waals surface area contributed by atoms with E-state index >= 15 is 0 Å². The molecule has 1 unspecified atom stereocenters. The van der Waals surface area contributed by atoms with Gasteiger partial charge in [-0.2, -0.15) is 0 Å². The van der Waals surface area contributed by atoms with Gasteiger partial charge < -0.3 is 4.74 Å². The third kappa shape index (κ3) is 2.59. The molecular formula is C10H22OSi. The molecule has 0 aromatic carbocycles. The van der Waals surface area contributed by atoms with Gasteiger partial charge in [-0.1, -0.05) is 26.3 Å². The van der Waals surface area contributed by atoms with Gasteiger partial charge in [0.25, 0.3) is 0 Å². The van der Waals surface area contributed by atoms with Crippen LogP contribution in [0.5, 0.6) is 0 Å². The van der Waals surface area contributed by atoms with E-state index in [4.69, 9.17) is 4.74 Å². The Hall–Kier alpha value is 0.177. The lowest BCUT2D eigenvalue weighted by Crippen LogP contribution is -2.41. The first-order chi connectivity index (χ1) is 5.83. The zero-order valence-corrected chi connectivity index (χ0v) is 9.98. The van der Waals surface area contributed by atoms with Gasteiger partial charge in [-0.3, -0.25) is 0 Å². The molecule has 1 aliphatic heterocycles. The molecule has 0 aliphatic carbocycles. The summed E-state index contributed by atoms with van der Waals surface area (Å²) in [7, 11) is 0.0188. The van der Waals surface area contributed by atoms with Crippen LogP contribution in [0.1, 0.15) is 45.4 Å². The van der Waals surface area contributed by atoms with Gasteiger partial charge in [0, 0.05) is 6.61 Å². The fourth-order valence-corrected chi connectivity index (χ4v) is 3.62. The van der Waals surface area contributed by atoms with Crippen molar-refractivity contribution in [3.8, 4) is 0 Å². The van der Waals surface area contributed by atoms with Crippen molar-refractivity contribution < 1.29 is 4.74 Å². The van der Waals surface area contributed by atoms with Crippen molar-refractivity contribution >= 4 is 9.52 Å². The molecule has 0 amide bonds. The topological polar surface area (TPSA) is 9.23 Å². The highest BCUT2D eigenvalue weighted by molar-refractivity contribution is 6.37. The Morgan fingerprint density at radius 2 is 2.25 bits per heavy atom. The van der Waals surface area contributed by atoms with Crippen LogP contribution >= 0.6 is 0 Å². The number of rotatable bonds is 4. The first-order valence-electron chi connectivity index (χ1n) is 5.47. The molecule has 1 atom stereocenters. The zero-order valence-electron chi connectivity index (χ0n) is 8.57. The summed E-state index contributed by atoms with van der Waals surface area (Å²) in [4.78, 5) is 0. The van der Waals surface area contributed by atoms with Crippen LogP contribution in [0.15, 0.2) is 0 Å². The average molecular weight is 186 g/mol.